The van der Waals surface area contributed by atoms with Gasteiger partial charge in [-0.1, -0.05) is 18.5 Å². The fourth-order valence-corrected chi connectivity index (χ4v) is 1.53. The Kier molecular flexibility index (Phi) is 4.78. The van der Waals surface area contributed by atoms with Crippen molar-refractivity contribution in [1.82, 2.24) is 5.32 Å². The standard InChI is InChI=1S/C13H17ClN2O3/c1-3-13(2,12(18)19)7-16-11(17)8-4-5-9(14)10(15)6-8/h4-6H,3,7,15H2,1-2H3,(H,16,17)(H,18,19). The van der Waals surface area contributed by atoms with E-state index in [9.17, 15) is 9.59 Å². The van der Waals surface area contributed by atoms with E-state index in [-0.39, 0.29) is 12.5 Å². The summed E-state index contributed by atoms with van der Waals surface area (Å²) < 4.78 is 0. The van der Waals surface area contributed by atoms with Crippen molar-refractivity contribution in [3.05, 3.63) is 28.8 Å². The number of carboxylic acids is 1. The smallest absolute Gasteiger partial charge is 0.311 e. The highest BCUT2D eigenvalue weighted by atomic mass is 35.5. The van der Waals surface area contributed by atoms with Crippen molar-refractivity contribution in [2.24, 2.45) is 5.41 Å². The molecule has 0 aliphatic carbocycles. The van der Waals surface area contributed by atoms with Crippen molar-refractivity contribution in [3.8, 4) is 0 Å². The Labute approximate surface area is 116 Å². The minimum absolute atomic E-state index is 0.0558. The maximum Gasteiger partial charge on any atom is 0.311 e. The van der Waals surface area contributed by atoms with Crippen LogP contribution in [0.2, 0.25) is 5.02 Å². The Balaban J connectivity index is 2.75. The second-order valence-corrected chi connectivity index (χ2v) is 5.05. The minimum atomic E-state index is -0.979. The highest BCUT2D eigenvalue weighted by Gasteiger charge is 2.31. The third-order valence-corrected chi connectivity index (χ3v) is 3.54. The number of halogens is 1. The molecule has 1 rings (SSSR count). The SMILES string of the molecule is CCC(C)(CNC(=O)c1ccc(Cl)c(N)c1)C(=O)O. The molecule has 1 atom stereocenters. The summed E-state index contributed by atoms with van der Waals surface area (Å²) in [6.07, 6.45) is 0.422. The van der Waals surface area contributed by atoms with Crippen LogP contribution in [0.4, 0.5) is 5.69 Å². The average Bonchev–Trinajstić information content (AvgIpc) is 2.38. The number of rotatable bonds is 5. The van der Waals surface area contributed by atoms with Crippen LogP contribution in [0.25, 0.3) is 0 Å². The third kappa shape index (κ3) is 3.61. The number of carbonyl (C=O) groups is 2. The van der Waals surface area contributed by atoms with Crippen LogP contribution >= 0.6 is 11.6 Å². The van der Waals surface area contributed by atoms with Crippen molar-refractivity contribution < 1.29 is 14.7 Å². The van der Waals surface area contributed by atoms with Crippen LogP contribution in [0.5, 0.6) is 0 Å². The summed E-state index contributed by atoms with van der Waals surface area (Å²) in [4.78, 5) is 23.0. The number of amides is 1. The fourth-order valence-electron chi connectivity index (χ4n) is 1.41. The second kappa shape index (κ2) is 5.93. The quantitative estimate of drug-likeness (QED) is 0.722. The summed E-state index contributed by atoms with van der Waals surface area (Å²) in [7, 11) is 0. The largest absolute Gasteiger partial charge is 0.481 e. The molecular weight excluding hydrogens is 268 g/mol. The van der Waals surface area contributed by atoms with Gasteiger partial charge in [-0.05, 0) is 31.5 Å². The molecule has 0 saturated carbocycles. The van der Waals surface area contributed by atoms with Gasteiger partial charge in [0.1, 0.15) is 0 Å². The molecule has 0 radical (unpaired) electrons. The fraction of sp³-hybridized carbons (Fsp3) is 0.385. The molecule has 0 aliphatic heterocycles. The first-order chi connectivity index (χ1) is 8.80. The highest BCUT2D eigenvalue weighted by Crippen LogP contribution is 2.21. The molecule has 1 unspecified atom stereocenters. The maximum absolute atomic E-state index is 11.9. The lowest BCUT2D eigenvalue weighted by atomic mass is 9.87. The number of carbonyl (C=O) groups excluding carboxylic acids is 1. The molecule has 0 fully saturated rings. The number of nitrogens with two attached hydrogens (primary N) is 1. The topological polar surface area (TPSA) is 92.4 Å². The van der Waals surface area contributed by atoms with Gasteiger partial charge in [0.15, 0.2) is 0 Å². The highest BCUT2D eigenvalue weighted by molar-refractivity contribution is 6.33. The van der Waals surface area contributed by atoms with Gasteiger partial charge in [0.05, 0.1) is 16.1 Å². The molecule has 1 aromatic carbocycles. The van der Waals surface area contributed by atoms with Gasteiger partial charge in [0, 0.05) is 12.1 Å². The van der Waals surface area contributed by atoms with E-state index in [1.54, 1.807) is 13.8 Å². The van der Waals surface area contributed by atoms with Crippen molar-refractivity contribution in [3.63, 3.8) is 0 Å². The lowest BCUT2D eigenvalue weighted by Gasteiger charge is -2.23. The van der Waals surface area contributed by atoms with Gasteiger partial charge in [-0.15, -0.1) is 0 Å². The first-order valence-electron chi connectivity index (χ1n) is 5.87. The summed E-state index contributed by atoms with van der Waals surface area (Å²) in [6.45, 7) is 3.41. The molecule has 0 bridgehead atoms. The number of benzene rings is 1. The maximum atomic E-state index is 11.9. The molecule has 4 N–H and O–H groups in total. The third-order valence-electron chi connectivity index (χ3n) is 3.19. The zero-order chi connectivity index (χ0) is 14.6. The van der Waals surface area contributed by atoms with E-state index in [1.165, 1.54) is 18.2 Å². The van der Waals surface area contributed by atoms with E-state index in [0.717, 1.165) is 0 Å². The number of aliphatic carboxylic acids is 1. The van der Waals surface area contributed by atoms with E-state index in [4.69, 9.17) is 22.4 Å². The van der Waals surface area contributed by atoms with Crippen molar-refractivity contribution >= 4 is 29.2 Å². The molecule has 0 spiro atoms. The molecule has 5 nitrogen and oxygen atoms in total. The number of hydrogen-bond acceptors (Lipinski definition) is 3. The number of anilines is 1. The van der Waals surface area contributed by atoms with E-state index in [1.807, 2.05) is 0 Å². The molecule has 6 heteroatoms. The molecular formula is C13H17ClN2O3. The van der Waals surface area contributed by atoms with Gasteiger partial charge in [-0.2, -0.15) is 0 Å². The Morgan fingerprint density at radius 3 is 2.58 bits per heavy atom. The van der Waals surface area contributed by atoms with Gasteiger partial charge < -0.3 is 16.2 Å². The van der Waals surface area contributed by atoms with Crippen LogP contribution in [-0.2, 0) is 4.79 Å². The second-order valence-electron chi connectivity index (χ2n) is 4.64. The summed E-state index contributed by atoms with van der Waals surface area (Å²) in [5, 5.41) is 12.1. The van der Waals surface area contributed by atoms with E-state index in [2.05, 4.69) is 5.32 Å². The van der Waals surface area contributed by atoms with E-state index >= 15 is 0 Å². The van der Waals surface area contributed by atoms with Gasteiger partial charge in [-0.25, -0.2) is 0 Å². The first kappa shape index (κ1) is 15.3. The summed E-state index contributed by atoms with van der Waals surface area (Å²) in [5.41, 5.74) is 5.29. The van der Waals surface area contributed by atoms with Crippen LogP contribution in [0.1, 0.15) is 30.6 Å². The van der Waals surface area contributed by atoms with Gasteiger partial charge in [0.2, 0.25) is 0 Å². The molecule has 19 heavy (non-hydrogen) atoms. The van der Waals surface area contributed by atoms with Crippen molar-refractivity contribution in [2.75, 3.05) is 12.3 Å². The molecule has 0 heterocycles. The predicted molar refractivity (Wildman–Crippen MR) is 74.2 cm³/mol. The Bertz CT molecular complexity index is 505. The number of hydrogen-bond donors (Lipinski definition) is 3. The molecule has 1 aromatic rings. The Hall–Kier alpha value is -1.75. The van der Waals surface area contributed by atoms with Crippen molar-refractivity contribution in [2.45, 2.75) is 20.3 Å². The van der Waals surface area contributed by atoms with Crippen LogP contribution in [0.3, 0.4) is 0 Å². The Morgan fingerprint density at radius 2 is 2.11 bits per heavy atom. The first-order valence-corrected chi connectivity index (χ1v) is 6.24. The normalized spacial score (nSPS) is 13.6. The van der Waals surface area contributed by atoms with Gasteiger partial charge >= 0.3 is 5.97 Å². The Morgan fingerprint density at radius 1 is 1.47 bits per heavy atom. The van der Waals surface area contributed by atoms with Crippen LogP contribution in [-0.4, -0.2) is 23.5 Å². The minimum Gasteiger partial charge on any atom is -0.481 e. The molecule has 0 aromatic heterocycles. The summed E-state index contributed by atoms with van der Waals surface area (Å²) in [6, 6.07) is 4.53. The average molecular weight is 285 g/mol. The zero-order valence-electron chi connectivity index (χ0n) is 10.9. The summed E-state index contributed by atoms with van der Waals surface area (Å²) in [5.74, 6) is -1.31. The lowest BCUT2D eigenvalue weighted by molar-refractivity contribution is -0.147. The lowest BCUT2D eigenvalue weighted by Crippen LogP contribution is -2.40. The zero-order valence-corrected chi connectivity index (χ0v) is 11.6. The molecule has 1 amide bonds. The molecule has 104 valence electrons. The molecule has 0 aliphatic rings. The van der Waals surface area contributed by atoms with Crippen molar-refractivity contribution in [1.29, 1.82) is 0 Å². The van der Waals surface area contributed by atoms with Crippen LogP contribution in [0, 0.1) is 5.41 Å². The van der Waals surface area contributed by atoms with Gasteiger partial charge in [0.25, 0.3) is 5.91 Å². The van der Waals surface area contributed by atoms with Gasteiger partial charge in [-0.3, -0.25) is 9.59 Å². The number of nitrogens with one attached hydrogen (secondary N) is 1. The predicted octanol–water partition coefficient (Wildman–Crippen LogP) is 2.15. The molecule has 0 saturated heterocycles. The number of nitrogen functional groups attached to an aromatic ring is 1. The van der Waals surface area contributed by atoms with Crippen LogP contribution in [0.15, 0.2) is 18.2 Å². The van der Waals surface area contributed by atoms with E-state index < -0.39 is 11.4 Å². The van der Waals surface area contributed by atoms with Crippen LogP contribution < -0.4 is 11.1 Å². The number of carboxylic acid groups (broad SMARTS) is 1. The monoisotopic (exact) mass is 284 g/mol. The summed E-state index contributed by atoms with van der Waals surface area (Å²) >= 11 is 5.76. The van der Waals surface area contributed by atoms with E-state index in [0.29, 0.717) is 22.7 Å².